The predicted molar refractivity (Wildman–Crippen MR) is 102 cm³/mol. The fraction of sp³-hybridized carbons (Fsp3) is 0.682. The number of phenols is 1. The minimum atomic E-state index is -0.368. The molecule has 0 saturated heterocycles. The Labute approximate surface area is 152 Å². The molecule has 2 rings (SSSR count). The van der Waals surface area contributed by atoms with Gasteiger partial charge in [0.1, 0.15) is 17.4 Å². The molecule has 0 bridgehead atoms. The number of aromatic hydroxyl groups is 1. The average Bonchev–Trinajstić information content (AvgIpc) is 2.59. The van der Waals surface area contributed by atoms with Crippen LogP contribution in [0.4, 0.5) is 0 Å². The number of ether oxygens (including phenoxy) is 1. The zero-order chi connectivity index (χ0) is 17.9. The number of cyclic esters (lactones) is 1. The summed E-state index contributed by atoms with van der Waals surface area (Å²) in [6.45, 7) is 2.26. The molecule has 0 amide bonds. The van der Waals surface area contributed by atoms with Crippen LogP contribution in [0, 0.1) is 0 Å². The molecule has 0 radical (unpaired) electrons. The molecule has 0 aliphatic carbocycles. The zero-order valence-electron chi connectivity index (χ0n) is 15.8. The lowest BCUT2D eigenvalue weighted by molar-refractivity contribution is 0.0227. The van der Waals surface area contributed by atoms with Gasteiger partial charge < -0.3 is 9.84 Å². The van der Waals surface area contributed by atoms with E-state index in [9.17, 15) is 9.90 Å². The van der Waals surface area contributed by atoms with Crippen LogP contribution in [-0.4, -0.2) is 17.2 Å². The normalized spacial score (nSPS) is 16.5. The van der Waals surface area contributed by atoms with E-state index in [1.165, 1.54) is 64.2 Å². The summed E-state index contributed by atoms with van der Waals surface area (Å²) in [6, 6.07) is 5.26. The number of hydrogen-bond donors (Lipinski definition) is 1. The molecule has 1 atom stereocenters. The summed E-state index contributed by atoms with van der Waals surface area (Å²) in [7, 11) is 0. The van der Waals surface area contributed by atoms with Gasteiger partial charge in [-0.1, -0.05) is 83.3 Å². The molecule has 0 unspecified atom stereocenters. The van der Waals surface area contributed by atoms with Crippen molar-refractivity contribution < 1.29 is 14.6 Å². The van der Waals surface area contributed by atoms with Crippen molar-refractivity contribution in [3.8, 4) is 5.75 Å². The second-order valence-corrected chi connectivity index (χ2v) is 7.37. The van der Waals surface area contributed by atoms with Gasteiger partial charge in [0.15, 0.2) is 0 Å². The Bertz CT molecular complexity index is 524. The van der Waals surface area contributed by atoms with Crippen LogP contribution in [0.15, 0.2) is 18.2 Å². The first kappa shape index (κ1) is 19.8. The van der Waals surface area contributed by atoms with E-state index in [1.54, 1.807) is 12.1 Å². The summed E-state index contributed by atoms with van der Waals surface area (Å²) < 4.78 is 5.49. The lowest BCUT2D eigenvalue weighted by Gasteiger charge is -2.25. The van der Waals surface area contributed by atoms with Crippen molar-refractivity contribution in [2.45, 2.75) is 96.5 Å². The summed E-state index contributed by atoms with van der Waals surface area (Å²) >= 11 is 0. The summed E-state index contributed by atoms with van der Waals surface area (Å²) in [5.74, 6) is -0.330. The summed E-state index contributed by atoms with van der Waals surface area (Å²) in [6.07, 6.45) is 16.2. The van der Waals surface area contributed by atoms with Gasteiger partial charge in [-0.05, 0) is 24.5 Å². The largest absolute Gasteiger partial charge is 0.507 e. The Morgan fingerprint density at radius 2 is 1.56 bits per heavy atom. The molecule has 0 aromatic heterocycles. The highest BCUT2D eigenvalue weighted by Crippen LogP contribution is 2.29. The van der Waals surface area contributed by atoms with Crippen molar-refractivity contribution in [3.05, 3.63) is 29.3 Å². The molecule has 1 heterocycles. The lowest BCUT2D eigenvalue weighted by atomic mass is 9.95. The first-order valence-corrected chi connectivity index (χ1v) is 10.2. The second-order valence-electron chi connectivity index (χ2n) is 7.37. The van der Waals surface area contributed by atoms with E-state index in [2.05, 4.69) is 6.92 Å². The number of fused-ring (bicyclic) bond motifs is 1. The van der Waals surface area contributed by atoms with Crippen LogP contribution in [0.1, 0.15) is 99.9 Å². The summed E-state index contributed by atoms with van der Waals surface area (Å²) in [4.78, 5) is 12.0. The van der Waals surface area contributed by atoms with Crippen LogP contribution in [0.25, 0.3) is 0 Å². The van der Waals surface area contributed by atoms with Crippen LogP contribution in [0.2, 0.25) is 0 Å². The van der Waals surface area contributed by atoms with Gasteiger partial charge in [-0.25, -0.2) is 4.79 Å². The first-order valence-electron chi connectivity index (χ1n) is 10.2. The number of carbonyl (C=O) groups excluding carboxylic acids is 1. The number of benzene rings is 1. The topological polar surface area (TPSA) is 46.5 Å². The maximum atomic E-state index is 12.0. The number of esters is 1. The third-order valence-electron chi connectivity index (χ3n) is 5.18. The van der Waals surface area contributed by atoms with Crippen molar-refractivity contribution in [1.29, 1.82) is 0 Å². The van der Waals surface area contributed by atoms with Gasteiger partial charge >= 0.3 is 5.97 Å². The molecule has 1 aliphatic heterocycles. The maximum Gasteiger partial charge on any atom is 0.342 e. The monoisotopic (exact) mass is 346 g/mol. The van der Waals surface area contributed by atoms with Gasteiger partial charge in [0.25, 0.3) is 0 Å². The molecule has 140 valence electrons. The van der Waals surface area contributed by atoms with Crippen LogP contribution < -0.4 is 0 Å². The molecule has 3 heteroatoms. The Kier molecular flexibility index (Phi) is 8.85. The number of hydrogen-bond acceptors (Lipinski definition) is 3. The molecule has 3 nitrogen and oxygen atoms in total. The van der Waals surface area contributed by atoms with Crippen molar-refractivity contribution in [2.75, 3.05) is 0 Å². The predicted octanol–water partition coefficient (Wildman–Crippen LogP) is 6.17. The Balaban J connectivity index is 1.53. The van der Waals surface area contributed by atoms with Crippen LogP contribution in [0.5, 0.6) is 5.75 Å². The molecule has 1 N–H and O–H groups in total. The molecule has 25 heavy (non-hydrogen) atoms. The standard InChI is InChI=1S/C22H34O3/c1-2-3-4-5-6-7-8-9-10-11-12-15-19-17-18-14-13-16-20(23)21(18)22(24)25-19/h13-14,16,19,23H,2-12,15,17H2,1H3/t19-/m1/s1. The Morgan fingerprint density at radius 3 is 2.20 bits per heavy atom. The van der Waals surface area contributed by atoms with Crippen molar-refractivity contribution >= 4 is 5.97 Å². The quantitative estimate of drug-likeness (QED) is 0.363. The van der Waals surface area contributed by atoms with Gasteiger partial charge in [0, 0.05) is 6.42 Å². The van der Waals surface area contributed by atoms with Crippen molar-refractivity contribution in [2.24, 2.45) is 0 Å². The van der Waals surface area contributed by atoms with E-state index in [1.807, 2.05) is 6.07 Å². The van der Waals surface area contributed by atoms with Gasteiger partial charge in [0.05, 0.1) is 0 Å². The van der Waals surface area contributed by atoms with E-state index < -0.39 is 0 Å². The van der Waals surface area contributed by atoms with E-state index in [0.29, 0.717) is 5.56 Å². The lowest BCUT2D eigenvalue weighted by Crippen LogP contribution is -2.27. The molecular formula is C22H34O3. The molecule has 1 aromatic rings. The maximum absolute atomic E-state index is 12.0. The summed E-state index contributed by atoms with van der Waals surface area (Å²) in [5, 5.41) is 9.79. The van der Waals surface area contributed by atoms with E-state index in [-0.39, 0.29) is 17.8 Å². The molecule has 0 saturated carbocycles. The molecule has 1 aliphatic rings. The van der Waals surface area contributed by atoms with E-state index in [0.717, 1.165) is 24.8 Å². The minimum absolute atomic E-state index is 0.0274. The van der Waals surface area contributed by atoms with Crippen LogP contribution in [-0.2, 0) is 11.2 Å². The van der Waals surface area contributed by atoms with E-state index in [4.69, 9.17) is 4.74 Å². The van der Waals surface area contributed by atoms with Gasteiger partial charge in [0.2, 0.25) is 0 Å². The fourth-order valence-corrected chi connectivity index (χ4v) is 3.69. The SMILES string of the molecule is CCCCCCCCCCCCC[C@@H]1Cc2cccc(O)c2C(=O)O1. The van der Waals surface area contributed by atoms with Gasteiger partial charge in [-0.2, -0.15) is 0 Å². The number of unbranched alkanes of at least 4 members (excludes halogenated alkanes) is 10. The van der Waals surface area contributed by atoms with E-state index >= 15 is 0 Å². The molecule has 0 spiro atoms. The smallest absolute Gasteiger partial charge is 0.342 e. The van der Waals surface area contributed by atoms with Crippen LogP contribution in [0.3, 0.4) is 0 Å². The Hall–Kier alpha value is -1.51. The zero-order valence-corrected chi connectivity index (χ0v) is 15.8. The Morgan fingerprint density at radius 1 is 0.960 bits per heavy atom. The number of phenolic OH excluding ortho intramolecular Hbond substituents is 1. The third kappa shape index (κ3) is 6.72. The third-order valence-corrected chi connectivity index (χ3v) is 5.18. The van der Waals surface area contributed by atoms with Crippen LogP contribution >= 0.6 is 0 Å². The molecule has 0 fully saturated rings. The second kappa shape index (κ2) is 11.2. The highest BCUT2D eigenvalue weighted by Gasteiger charge is 2.28. The molecule has 1 aromatic carbocycles. The van der Waals surface area contributed by atoms with Gasteiger partial charge in [-0.15, -0.1) is 0 Å². The average molecular weight is 347 g/mol. The van der Waals surface area contributed by atoms with Crippen molar-refractivity contribution in [1.82, 2.24) is 0 Å². The summed E-state index contributed by atoms with van der Waals surface area (Å²) in [5.41, 5.74) is 1.28. The number of rotatable bonds is 12. The number of carbonyl (C=O) groups is 1. The minimum Gasteiger partial charge on any atom is -0.507 e. The molecular weight excluding hydrogens is 312 g/mol. The van der Waals surface area contributed by atoms with Crippen molar-refractivity contribution in [3.63, 3.8) is 0 Å². The highest BCUT2D eigenvalue weighted by atomic mass is 16.5. The highest BCUT2D eigenvalue weighted by molar-refractivity contribution is 5.95. The first-order chi connectivity index (χ1) is 12.2. The fourth-order valence-electron chi connectivity index (χ4n) is 3.69. The van der Waals surface area contributed by atoms with Gasteiger partial charge in [-0.3, -0.25) is 0 Å².